The topological polar surface area (TPSA) is 35.8 Å². The molecule has 0 saturated carbocycles. The molecule has 0 aliphatic rings. The predicted octanol–water partition coefficient (Wildman–Crippen LogP) is 3.05. The molecule has 1 aromatic rings. The number of nitrogens with one attached hydrogen (secondary N) is 1. The molecule has 0 unspecified atom stereocenters. The van der Waals surface area contributed by atoms with Crippen LogP contribution < -0.4 is 5.32 Å². The van der Waals surface area contributed by atoms with Gasteiger partial charge in [0.2, 0.25) is 0 Å². The van der Waals surface area contributed by atoms with Crippen molar-refractivity contribution in [2.45, 2.75) is 40.0 Å². The van der Waals surface area contributed by atoms with Crippen molar-refractivity contribution in [2.75, 3.05) is 13.1 Å². The van der Waals surface area contributed by atoms with Gasteiger partial charge in [-0.2, -0.15) is 5.26 Å². The van der Waals surface area contributed by atoms with Crippen LogP contribution in [0.4, 0.5) is 0 Å². The highest BCUT2D eigenvalue weighted by Gasteiger charge is 2.02. The minimum Gasteiger partial charge on any atom is -0.316 e. The van der Waals surface area contributed by atoms with Crippen molar-refractivity contribution in [1.82, 2.24) is 5.32 Å². The van der Waals surface area contributed by atoms with E-state index in [2.05, 4.69) is 44.3 Å². The Morgan fingerprint density at radius 2 is 1.88 bits per heavy atom. The van der Waals surface area contributed by atoms with Crippen LogP contribution in [-0.2, 0) is 6.42 Å². The van der Waals surface area contributed by atoms with Gasteiger partial charge >= 0.3 is 0 Å². The van der Waals surface area contributed by atoms with E-state index < -0.39 is 0 Å². The summed E-state index contributed by atoms with van der Waals surface area (Å²) in [6.45, 7) is 8.49. The van der Waals surface area contributed by atoms with E-state index in [-0.39, 0.29) is 0 Å². The lowest BCUT2D eigenvalue weighted by molar-refractivity contribution is 0.654. The van der Waals surface area contributed by atoms with Crippen LogP contribution in [-0.4, -0.2) is 13.1 Å². The molecule has 0 saturated heterocycles. The van der Waals surface area contributed by atoms with Crippen LogP contribution in [0.25, 0.3) is 0 Å². The van der Waals surface area contributed by atoms with Crippen molar-refractivity contribution in [3.63, 3.8) is 0 Å². The van der Waals surface area contributed by atoms with Gasteiger partial charge in [-0.05, 0) is 69.0 Å². The zero-order valence-electron chi connectivity index (χ0n) is 11.1. The third-order valence-corrected chi connectivity index (χ3v) is 3.38. The van der Waals surface area contributed by atoms with Gasteiger partial charge < -0.3 is 5.32 Å². The van der Waals surface area contributed by atoms with Crippen LogP contribution >= 0.6 is 0 Å². The zero-order valence-corrected chi connectivity index (χ0v) is 11.1. The number of nitriles is 1. The van der Waals surface area contributed by atoms with Gasteiger partial charge in [0.25, 0.3) is 0 Å². The maximum atomic E-state index is 8.42. The summed E-state index contributed by atoms with van der Waals surface area (Å²) in [5.74, 6) is 0. The van der Waals surface area contributed by atoms with Gasteiger partial charge in [0.15, 0.2) is 0 Å². The Labute approximate surface area is 105 Å². The van der Waals surface area contributed by atoms with E-state index in [0.29, 0.717) is 6.42 Å². The second-order valence-corrected chi connectivity index (χ2v) is 4.55. The standard InChI is InChI=1S/C15H22N2/c1-12-6-7-15(14(3)13(12)2)8-11-17-10-5-4-9-16/h6-7,17H,4-5,8,10-11H2,1-3H3. The molecule has 0 aliphatic heterocycles. The quantitative estimate of drug-likeness (QED) is 0.762. The van der Waals surface area contributed by atoms with Crippen molar-refractivity contribution < 1.29 is 0 Å². The Bertz CT molecular complexity index is 402. The molecule has 1 N–H and O–H groups in total. The van der Waals surface area contributed by atoms with Gasteiger partial charge in [-0.3, -0.25) is 0 Å². The SMILES string of the molecule is Cc1ccc(CCNCCCC#N)c(C)c1C. The molecule has 0 amide bonds. The first-order chi connectivity index (χ1) is 8.16. The van der Waals surface area contributed by atoms with Crippen LogP contribution in [0, 0.1) is 32.1 Å². The average molecular weight is 230 g/mol. The predicted molar refractivity (Wildman–Crippen MR) is 72.1 cm³/mol. The highest BCUT2D eigenvalue weighted by Crippen LogP contribution is 2.17. The normalized spacial score (nSPS) is 10.2. The first-order valence-electron chi connectivity index (χ1n) is 6.30. The molecular formula is C15H22N2. The van der Waals surface area contributed by atoms with Gasteiger partial charge in [0.05, 0.1) is 6.07 Å². The molecule has 0 fully saturated rings. The molecule has 0 aromatic heterocycles. The smallest absolute Gasteiger partial charge is 0.0622 e. The fourth-order valence-electron chi connectivity index (χ4n) is 1.92. The molecule has 0 radical (unpaired) electrons. The molecule has 0 bridgehead atoms. The molecule has 92 valence electrons. The second kappa shape index (κ2) is 7.09. The maximum Gasteiger partial charge on any atom is 0.0622 e. The number of unbranched alkanes of at least 4 members (excludes halogenated alkanes) is 1. The van der Waals surface area contributed by atoms with Crippen LogP contribution in [0.1, 0.15) is 35.1 Å². The number of nitrogens with zero attached hydrogens (tertiary/aromatic N) is 1. The average Bonchev–Trinajstić information content (AvgIpc) is 2.33. The highest BCUT2D eigenvalue weighted by molar-refractivity contribution is 5.38. The number of benzene rings is 1. The summed E-state index contributed by atoms with van der Waals surface area (Å²) in [5, 5.41) is 11.8. The van der Waals surface area contributed by atoms with E-state index in [9.17, 15) is 0 Å². The molecule has 17 heavy (non-hydrogen) atoms. The van der Waals surface area contributed by atoms with Crippen molar-refractivity contribution in [3.8, 4) is 6.07 Å². The Kier molecular flexibility index (Phi) is 5.72. The Balaban J connectivity index is 2.38. The van der Waals surface area contributed by atoms with Gasteiger partial charge in [-0.15, -0.1) is 0 Å². The third-order valence-electron chi connectivity index (χ3n) is 3.38. The third kappa shape index (κ3) is 4.20. The van der Waals surface area contributed by atoms with E-state index in [0.717, 1.165) is 25.9 Å². The Hall–Kier alpha value is -1.33. The van der Waals surface area contributed by atoms with E-state index >= 15 is 0 Å². The molecule has 2 heteroatoms. The summed E-state index contributed by atoms with van der Waals surface area (Å²) in [6.07, 6.45) is 2.66. The molecule has 0 aliphatic carbocycles. The largest absolute Gasteiger partial charge is 0.316 e. The summed E-state index contributed by atoms with van der Waals surface area (Å²) in [5.41, 5.74) is 5.63. The maximum absolute atomic E-state index is 8.42. The van der Waals surface area contributed by atoms with E-state index in [1.165, 1.54) is 22.3 Å². The first-order valence-corrected chi connectivity index (χ1v) is 6.30. The fourth-order valence-corrected chi connectivity index (χ4v) is 1.92. The van der Waals surface area contributed by atoms with Gasteiger partial charge in [0.1, 0.15) is 0 Å². The van der Waals surface area contributed by atoms with Gasteiger partial charge in [-0.25, -0.2) is 0 Å². The summed E-state index contributed by atoms with van der Waals surface area (Å²) < 4.78 is 0. The zero-order chi connectivity index (χ0) is 12.7. The molecule has 1 rings (SSSR count). The Morgan fingerprint density at radius 3 is 2.59 bits per heavy atom. The van der Waals surface area contributed by atoms with Crippen molar-refractivity contribution in [2.24, 2.45) is 0 Å². The Morgan fingerprint density at radius 1 is 1.12 bits per heavy atom. The molecule has 1 aromatic carbocycles. The molecular weight excluding hydrogens is 208 g/mol. The first kappa shape index (κ1) is 13.7. The van der Waals surface area contributed by atoms with E-state index in [4.69, 9.17) is 5.26 Å². The number of hydrogen-bond acceptors (Lipinski definition) is 2. The van der Waals surface area contributed by atoms with Gasteiger partial charge in [0, 0.05) is 6.42 Å². The number of hydrogen-bond donors (Lipinski definition) is 1. The van der Waals surface area contributed by atoms with Crippen molar-refractivity contribution in [1.29, 1.82) is 5.26 Å². The van der Waals surface area contributed by atoms with Gasteiger partial charge in [-0.1, -0.05) is 12.1 Å². The van der Waals surface area contributed by atoms with Crippen LogP contribution in [0.15, 0.2) is 12.1 Å². The summed E-state index contributed by atoms with van der Waals surface area (Å²) in [7, 11) is 0. The molecule has 0 spiro atoms. The highest BCUT2D eigenvalue weighted by atomic mass is 14.8. The number of aryl methyl sites for hydroxylation is 1. The summed E-state index contributed by atoms with van der Waals surface area (Å²) >= 11 is 0. The van der Waals surface area contributed by atoms with E-state index in [1.807, 2.05) is 0 Å². The second-order valence-electron chi connectivity index (χ2n) is 4.55. The monoisotopic (exact) mass is 230 g/mol. The number of rotatable bonds is 6. The van der Waals surface area contributed by atoms with Crippen molar-refractivity contribution >= 4 is 0 Å². The minimum absolute atomic E-state index is 0.648. The molecule has 2 nitrogen and oxygen atoms in total. The van der Waals surface area contributed by atoms with Crippen LogP contribution in [0.5, 0.6) is 0 Å². The van der Waals surface area contributed by atoms with E-state index in [1.54, 1.807) is 0 Å². The lowest BCUT2D eigenvalue weighted by Crippen LogP contribution is -2.18. The lowest BCUT2D eigenvalue weighted by Gasteiger charge is -2.11. The summed E-state index contributed by atoms with van der Waals surface area (Å²) in [4.78, 5) is 0. The fraction of sp³-hybridized carbons (Fsp3) is 0.533. The summed E-state index contributed by atoms with van der Waals surface area (Å²) in [6, 6.07) is 6.59. The lowest BCUT2D eigenvalue weighted by atomic mass is 9.97. The van der Waals surface area contributed by atoms with Crippen LogP contribution in [0.2, 0.25) is 0 Å². The molecule has 0 heterocycles. The van der Waals surface area contributed by atoms with Crippen molar-refractivity contribution in [3.05, 3.63) is 34.4 Å². The molecule has 0 atom stereocenters. The van der Waals surface area contributed by atoms with Crippen LogP contribution in [0.3, 0.4) is 0 Å². The minimum atomic E-state index is 0.648.